The molecule has 136 valence electrons. The van der Waals surface area contributed by atoms with Gasteiger partial charge in [0.2, 0.25) is 0 Å². The molecule has 2 aromatic heterocycles. The number of terminal acetylenes is 1. The molecule has 1 atom stereocenters. The van der Waals surface area contributed by atoms with Crippen molar-refractivity contribution in [2.75, 3.05) is 26.3 Å². The predicted molar refractivity (Wildman–Crippen MR) is 101 cm³/mol. The number of rotatable bonds is 9. The summed E-state index contributed by atoms with van der Waals surface area (Å²) in [6.45, 7) is 8.17. The third-order valence-corrected chi connectivity index (χ3v) is 5.15. The maximum atomic E-state index is 12.3. The number of hydrogen-bond donors (Lipinski definition) is 2. The van der Waals surface area contributed by atoms with E-state index in [4.69, 9.17) is 11.2 Å². The van der Waals surface area contributed by atoms with Gasteiger partial charge in [-0.05, 0) is 18.5 Å². The number of ether oxygens (including phenoxy) is 1. The molecule has 0 aliphatic rings. The summed E-state index contributed by atoms with van der Waals surface area (Å²) in [6, 6.07) is 1.92. The van der Waals surface area contributed by atoms with Gasteiger partial charge in [0.1, 0.15) is 17.3 Å². The summed E-state index contributed by atoms with van der Waals surface area (Å²) in [5.74, 6) is 3.34. The van der Waals surface area contributed by atoms with Crippen LogP contribution in [0.1, 0.15) is 37.4 Å². The fourth-order valence-corrected chi connectivity index (χ4v) is 3.53. The van der Waals surface area contributed by atoms with E-state index < -0.39 is 6.10 Å². The third kappa shape index (κ3) is 5.38. The molecular formula is C18H25N3O3S. The van der Waals surface area contributed by atoms with Gasteiger partial charge in [0, 0.05) is 11.4 Å². The van der Waals surface area contributed by atoms with E-state index in [1.54, 1.807) is 11.3 Å². The van der Waals surface area contributed by atoms with Gasteiger partial charge in [0.25, 0.3) is 5.56 Å². The van der Waals surface area contributed by atoms with Crippen LogP contribution in [0.4, 0.5) is 0 Å². The molecule has 0 fully saturated rings. The van der Waals surface area contributed by atoms with E-state index in [-0.39, 0.29) is 18.8 Å². The molecule has 2 N–H and O–H groups in total. The zero-order valence-corrected chi connectivity index (χ0v) is 15.7. The number of hydrogen-bond acceptors (Lipinski definition) is 6. The van der Waals surface area contributed by atoms with E-state index in [1.165, 1.54) is 0 Å². The first-order chi connectivity index (χ1) is 11.9. The van der Waals surface area contributed by atoms with Crippen LogP contribution < -0.4 is 5.56 Å². The van der Waals surface area contributed by atoms with Crippen LogP contribution in [-0.2, 0) is 11.3 Å². The quantitative estimate of drug-likeness (QED) is 0.526. The Morgan fingerprint density at radius 3 is 2.92 bits per heavy atom. The van der Waals surface area contributed by atoms with Crippen LogP contribution >= 0.6 is 11.3 Å². The molecule has 7 heteroatoms. The normalized spacial score (nSPS) is 12.8. The van der Waals surface area contributed by atoms with Crippen LogP contribution in [0, 0.1) is 12.3 Å². The van der Waals surface area contributed by atoms with Crippen LogP contribution in [0.3, 0.4) is 0 Å². The highest BCUT2D eigenvalue weighted by Crippen LogP contribution is 2.27. The number of aliphatic hydroxyl groups is 1. The number of likely N-dealkylation sites (N-methyl/N-ethyl adjacent to an activating group) is 1. The van der Waals surface area contributed by atoms with Crippen LogP contribution in [0.25, 0.3) is 10.2 Å². The molecule has 0 aliphatic carbocycles. The summed E-state index contributed by atoms with van der Waals surface area (Å²) in [5.41, 5.74) is -0.114. The Balaban J connectivity index is 2.09. The Labute approximate surface area is 151 Å². The molecule has 0 saturated carbocycles. The summed E-state index contributed by atoms with van der Waals surface area (Å²) < 4.78 is 5.16. The third-order valence-electron chi connectivity index (χ3n) is 3.82. The first-order valence-electron chi connectivity index (χ1n) is 8.38. The second kappa shape index (κ2) is 9.11. The van der Waals surface area contributed by atoms with Crippen LogP contribution in [0.15, 0.2) is 10.9 Å². The van der Waals surface area contributed by atoms with Crippen molar-refractivity contribution in [2.24, 2.45) is 0 Å². The molecule has 0 aliphatic heterocycles. The van der Waals surface area contributed by atoms with Gasteiger partial charge in [-0.1, -0.05) is 26.7 Å². The van der Waals surface area contributed by atoms with Crippen LogP contribution in [0.5, 0.6) is 0 Å². The van der Waals surface area contributed by atoms with Crippen molar-refractivity contribution in [1.29, 1.82) is 0 Å². The molecule has 0 bridgehead atoms. The monoisotopic (exact) mass is 363 g/mol. The van der Waals surface area contributed by atoms with Crippen molar-refractivity contribution in [3.63, 3.8) is 0 Å². The Bertz CT molecular complexity index is 791. The number of aromatic nitrogens is 2. The minimum Gasteiger partial charge on any atom is -0.389 e. The highest BCUT2D eigenvalue weighted by molar-refractivity contribution is 7.18. The summed E-state index contributed by atoms with van der Waals surface area (Å²) in [5, 5.41) is 10.7. The average Bonchev–Trinajstić information content (AvgIpc) is 2.99. The van der Waals surface area contributed by atoms with Crippen molar-refractivity contribution in [3.05, 3.63) is 27.1 Å². The van der Waals surface area contributed by atoms with Gasteiger partial charge in [-0.15, -0.1) is 17.8 Å². The molecule has 25 heavy (non-hydrogen) atoms. The van der Waals surface area contributed by atoms with Gasteiger partial charge >= 0.3 is 0 Å². The smallest absolute Gasteiger partial charge is 0.259 e. The minimum atomic E-state index is -0.641. The first kappa shape index (κ1) is 19.6. The Morgan fingerprint density at radius 2 is 2.28 bits per heavy atom. The van der Waals surface area contributed by atoms with Crippen molar-refractivity contribution < 1.29 is 9.84 Å². The van der Waals surface area contributed by atoms with Crippen molar-refractivity contribution >= 4 is 21.6 Å². The molecule has 2 rings (SSSR count). The lowest BCUT2D eigenvalue weighted by Gasteiger charge is -2.22. The Kier molecular flexibility index (Phi) is 7.14. The van der Waals surface area contributed by atoms with E-state index >= 15 is 0 Å². The van der Waals surface area contributed by atoms with Crippen molar-refractivity contribution in [3.8, 4) is 12.3 Å². The second-order valence-corrected chi connectivity index (χ2v) is 7.30. The molecule has 0 saturated heterocycles. The lowest BCUT2D eigenvalue weighted by atomic mass is 10.2. The number of aromatic amines is 1. The zero-order chi connectivity index (χ0) is 18.4. The largest absolute Gasteiger partial charge is 0.389 e. The van der Waals surface area contributed by atoms with Crippen molar-refractivity contribution in [1.82, 2.24) is 14.9 Å². The lowest BCUT2D eigenvalue weighted by Crippen LogP contribution is -2.35. The second-order valence-electron chi connectivity index (χ2n) is 6.24. The maximum Gasteiger partial charge on any atom is 0.259 e. The minimum absolute atomic E-state index is 0.114. The van der Waals surface area contributed by atoms with Gasteiger partial charge < -0.3 is 14.8 Å². The number of nitrogens with zero attached hydrogens (tertiary/aromatic N) is 2. The standard InChI is InChI=1S/C18H25N3O3S/c1-5-7-24-11-13(22)9-21(6-2)10-16-19-17(23)14-8-15(12(3)4)25-18(14)20-16/h1,8,12-13,22H,6-7,9-11H2,2-4H3,(H,19,20,23). The number of aliphatic hydroxyl groups excluding tert-OH is 1. The zero-order valence-electron chi connectivity index (χ0n) is 14.9. The SMILES string of the molecule is C#CCOCC(O)CN(CC)Cc1nc2sc(C(C)C)cc2c(=O)[nH]1. The molecular weight excluding hydrogens is 338 g/mol. The van der Waals surface area contributed by atoms with Gasteiger partial charge in [-0.25, -0.2) is 4.98 Å². The topological polar surface area (TPSA) is 78.5 Å². The Hall–Kier alpha value is -1.72. The molecule has 2 aromatic rings. The molecule has 0 radical (unpaired) electrons. The first-order valence-corrected chi connectivity index (χ1v) is 9.20. The predicted octanol–water partition coefficient (Wildman–Crippen LogP) is 1.94. The molecule has 1 unspecified atom stereocenters. The summed E-state index contributed by atoms with van der Waals surface area (Å²) in [7, 11) is 0. The van der Waals surface area contributed by atoms with E-state index in [9.17, 15) is 9.90 Å². The van der Waals surface area contributed by atoms with E-state index in [1.807, 2.05) is 17.9 Å². The van der Waals surface area contributed by atoms with Crippen LogP contribution in [-0.4, -0.2) is 52.4 Å². The number of H-pyrrole nitrogens is 1. The highest BCUT2D eigenvalue weighted by Gasteiger charge is 2.15. The molecule has 0 aromatic carbocycles. The molecule has 6 nitrogen and oxygen atoms in total. The van der Waals surface area contributed by atoms with Crippen LogP contribution in [0.2, 0.25) is 0 Å². The van der Waals surface area contributed by atoms with Gasteiger partial charge in [0.15, 0.2) is 0 Å². The number of nitrogens with one attached hydrogen (secondary N) is 1. The number of fused-ring (bicyclic) bond motifs is 1. The molecule has 0 spiro atoms. The fraction of sp³-hybridized carbons (Fsp3) is 0.556. The van der Waals surface area contributed by atoms with E-state index in [0.29, 0.717) is 30.2 Å². The Morgan fingerprint density at radius 1 is 1.52 bits per heavy atom. The maximum absolute atomic E-state index is 12.3. The average molecular weight is 363 g/mol. The molecule has 2 heterocycles. The summed E-state index contributed by atoms with van der Waals surface area (Å²) >= 11 is 1.56. The van der Waals surface area contributed by atoms with Gasteiger partial charge in [-0.3, -0.25) is 9.69 Å². The van der Waals surface area contributed by atoms with Crippen molar-refractivity contribution in [2.45, 2.75) is 39.3 Å². The van der Waals surface area contributed by atoms with Gasteiger partial charge in [0.05, 0.1) is 24.6 Å². The molecule has 0 amide bonds. The van der Waals surface area contributed by atoms with E-state index in [0.717, 1.165) is 16.3 Å². The summed E-state index contributed by atoms with van der Waals surface area (Å²) in [4.78, 5) is 23.7. The lowest BCUT2D eigenvalue weighted by molar-refractivity contribution is 0.0267. The van der Waals surface area contributed by atoms with Gasteiger partial charge in [-0.2, -0.15) is 0 Å². The highest BCUT2D eigenvalue weighted by atomic mass is 32.1. The fourth-order valence-electron chi connectivity index (χ4n) is 2.48. The number of thiophene rings is 1. The summed E-state index contributed by atoms with van der Waals surface area (Å²) in [6.07, 6.45) is 4.48. The van der Waals surface area contributed by atoms with E-state index in [2.05, 4.69) is 29.7 Å².